The summed E-state index contributed by atoms with van der Waals surface area (Å²) in [4.78, 5) is 0. The topological polar surface area (TPSA) is 111 Å². The first-order valence-corrected chi connectivity index (χ1v) is 24.5. The van der Waals surface area contributed by atoms with Crippen molar-refractivity contribution in [1.82, 2.24) is 0 Å². The summed E-state index contributed by atoms with van der Waals surface area (Å²) in [6, 6.07) is 0. The lowest BCUT2D eigenvalue weighted by atomic mass is 9.93. The van der Waals surface area contributed by atoms with Gasteiger partial charge in [-0.25, -0.2) is 0 Å². The molecule has 0 aromatic rings. The van der Waals surface area contributed by atoms with E-state index in [1.807, 2.05) is 0 Å². The van der Waals surface area contributed by atoms with Gasteiger partial charge in [-0.3, -0.25) is 0 Å². The van der Waals surface area contributed by atoms with Crippen LogP contribution in [0.2, 0.25) is 0 Å². The summed E-state index contributed by atoms with van der Waals surface area (Å²) in [6.07, 6.45) is 26.5. The van der Waals surface area contributed by atoms with Crippen molar-refractivity contribution in [3.05, 3.63) is 0 Å². The molecule has 0 atom stereocenters. The van der Waals surface area contributed by atoms with Crippen molar-refractivity contribution >= 4 is 34.4 Å². The monoisotopic (exact) mass is 820 g/mol. The van der Waals surface area contributed by atoms with Gasteiger partial charge in [-0.05, 0) is 12.8 Å². The first kappa shape index (κ1) is 47.6. The standard InChI is InChI=1S/C29H58O6P2.C7H14O6P2/c1-3-5-7-9-11-13-15-17-19-21-23-30-36-32-25-29(26-33-36)27-34-37(35-28-29)31-24-22-20-18-16-14-12-10-8-6-4-2;1-8-14-10-3-7(4-11-14)5-12-15(9-2)13-6-7/h3-28H2,1-2H3;3-6H2,1-2H3. The molecule has 0 unspecified atom stereocenters. The van der Waals surface area contributed by atoms with Crippen molar-refractivity contribution < 1.29 is 54.3 Å². The second kappa shape index (κ2) is 30.3. The molecule has 4 heterocycles. The van der Waals surface area contributed by atoms with Gasteiger partial charge in [0.1, 0.15) is 0 Å². The van der Waals surface area contributed by atoms with Gasteiger partial charge in [-0.15, -0.1) is 0 Å². The Morgan fingerprint density at radius 1 is 0.346 bits per heavy atom. The lowest BCUT2D eigenvalue weighted by molar-refractivity contribution is -0.0761. The van der Waals surface area contributed by atoms with E-state index in [0.717, 1.165) is 26.1 Å². The van der Waals surface area contributed by atoms with Gasteiger partial charge < -0.3 is 54.3 Å². The molecule has 16 heteroatoms. The third-order valence-electron chi connectivity index (χ3n) is 9.50. The molecule has 0 saturated carbocycles. The second-order valence-corrected chi connectivity index (χ2v) is 19.6. The van der Waals surface area contributed by atoms with Crippen LogP contribution in [0.4, 0.5) is 0 Å². The van der Waals surface area contributed by atoms with E-state index >= 15 is 0 Å². The van der Waals surface area contributed by atoms with Crippen LogP contribution in [-0.4, -0.2) is 80.3 Å². The van der Waals surface area contributed by atoms with Crippen molar-refractivity contribution in [1.29, 1.82) is 0 Å². The molecule has 52 heavy (non-hydrogen) atoms. The Balaban J connectivity index is 0.000000400. The van der Waals surface area contributed by atoms with Gasteiger partial charge in [0, 0.05) is 14.2 Å². The Morgan fingerprint density at radius 3 is 0.827 bits per heavy atom. The summed E-state index contributed by atoms with van der Waals surface area (Å²) in [7, 11) is -1.66. The fraction of sp³-hybridized carbons (Fsp3) is 1.00. The van der Waals surface area contributed by atoms with Gasteiger partial charge in [0.05, 0.1) is 76.9 Å². The Morgan fingerprint density at radius 2 is 0.577 bits per heavy atom. The van der Waals surface area contributed by atoms with Crippen LogP contribution in [0.5, 0.6) is 0 Å². The predicted octanol–water partition coefficient (Wildman–Crippen LogP) is 12.2. The van der Waals surface area contributed by atoms with Gasteiger partial charge in [0.2, 0.25) is 0 Å². The average molecular weight is 821 g/mol. The van der Waals surface area contributed by atoms with Crippen LogP contribution in [0, 0.1) is 10.8 Å². The zero-order chi connectivity index (χ0) is 37.0. The van der Waals surface area contributed by atoms with E-state index in [9.17, 15) is 0 Å². The van der Waals surface area contributed by atoms with Crippen molar-refractivity contribution in [2.24, 2.45) is 10.8 Å². The van der Waals surface area contributed by atoms with E-state index in [1.165, 1.54) is 116 Å². The highest BCUT2D eigenvalue weighted by atomic mass is 31.2. The van der Waals surface area contributed by atoms with Crippen LogP contribution in [0.15, 0.2) is 0 Å². The number of hydrogen-bond donors (Lipinski definition) is 0. The molecule has 4 aliphatic heterocycles. The minimum atomic E-state index is -1.23. The smallest absolute Gasteiger partial charge is 0.316 e. The van der Waals surface area contributed by atoms with E-state index in [-0.39, 0.29) is 10.8 Å². The minimum absolute atomic E-state index is 0.200. The zero-order valence-electron chi connectivity index (χ0n) is 32.9. The maximum Gasteiger partial charge on any atom is 0.332 e. The summed E-state index contributed by atoms with van der Waals surface area (Å²) in [5, 5.41) is 0. The molecule has 4 fully saturated rings. The SMILES string of the molecule is CCCCCCCCCCCCOP1OCC2(CO1)COP(OCCCCCCCCCCCC)OC2.COP1OCC2(CO1)COP(OC)OC2. The molecule has 0 N–H and O–H groups in total. The summed E-state index contributed by atoms with van der Waals surface area (Å²) in [5.41, 5.74) is -0.423. The van der Waals surface area contributed by atoms with E-state index in [2.05, 4.69) is 13.8 Å². The largest absolute Gasteiger partial charge is 0.332 e. The molecule has 0 bridgehead atoms. The van der Waals surface area contributed by atoms with Crippen molar-refractivity contribution in [3.63, 3.8) is 0 Å². The molecule has 308 valence electrons. The average Bonchev–Trinajstić information content (AvgIpc) is 3.18. The summed E-state index contributed by atoms with van der Waals surface area (Å²) in [6.45, 7) is 10.4. The molecular formula is C36H72O12P4. The van der Waals surface area contributed by atoms with Crippen molar-refractivity contribution in [2.75, 3.05) is 80.3 Å². The Hall–Kier alpha value is 1.24. The molecule has 4 rings (SSSR count). The van der Waals surface area contributed by atoms with Gasteiger partial charge in [-0.1, -0.05) is 129 Å². The van der Waals surface area contributed by atoms with E-state index < -0.39 is 34.4 Å². The highest BCUT2D eigenvalue weighted by molar-refractivity contribution is 7.42. The van der Waals surface area contributed by atoms with Gasteiger partial charge in [-0.2, -0.15) is 0 Å². The normalized spacial score (nSPS) is 29.3. The van der Waals surface area contributed by atoms with Gasteiger partial charge in [0.25, 0.3) is 0 Å². The van der Waals surface area contributed by atoms with Crippen molar-refractivity contribution in [3.8, 4) is 0 Å². The number of unbranched alkanes of at least 4 members (excludes halogenated alkanes) is 18. The molecule has 0 aliphatic carbocycles. The zero-order valence-corrected chi connectivity index (χ0v) is 36.5. The van der Waals surface area contributed by atoms with Crippen LogP contribution >= 0.6 is 34.4 Å². The fourth-order valence-corrected chi connectivity index (χ4v) is 10.6. The predicted molar refractivity (Wildman–Crippen MR) is 210 cm³/mol. The first-order valence-electron chi connectivity index (χ1n) is 20.1. The van der Waals surface area contributed by atoms with E-state index in [0.29, 0.717) is 52.9 Å². The van der Waals surface area contributed by atoms with Crippen molar-refractivity contribution in [2.45, 2.75) is 142 Å². The van der Waals surface area contributed by atoms with Crippen LogP contribution in [0.1, 0.15) is 142 Å². The molecular weight excluding hydrogens is 748 g/mol. The highest BCUT2D eigenvalue weighted by Crippen LogP contribution is 2.54. The second-order valence-electron chi connectivity index (χ2n) is 14.5. The highest BCUT2D eigenvalue weighted by Gasteiger charge is 2.45. The lowest BCUT2D eigenvalue weighted by Crippen LogP contribution is -2.44. The van der Waals surface area contributed by atoms with Gasteiger partial charge in [0.15, 0.2) is 0 Å². The molecule has 0 aromatic heterocycles. The number of rotatable bonds is 26. The van der Waals surface area contributed by atoms with E-state index in [1.54, 1.807) is 14.2 Å². The Kier molecular flexibility index (Phi) is 27.8. The quantitative estimate of drug-likeness (QED) is 0.0612. The molecule has 0 radical (unpaired) electrons. The lowest BCUT2D eigenvalue weighted by Gasteiger charge is -2.41. The van der Waals surface area contributed by atoms with Crippen LogP contribution in [0.25, 0.3) is 0 Å². The first-order chi connectivity index (χ1) is 25.6. The van der Waals surface area contributed by atoms with Crippen LogP contribution in [0.3, 0.4) is 0 Å². The summed E-state index contributed by atoms with van der Waals surface area (Å²) in [5.74, 6) is 0. The van der Waals surface area contributed by atoms with E-state index in [4.69, 9.17) is 54.3 Å². The Bertz CT molecular complexity index is 748. The molecule has 12 nitrogen and oxygen atoms in total. The maximum absolute atomic E-state index is 5.90. The summed E-state index contributed by atoms with van der Waals surface area (Å²) < 4.78 is 66.9. The Labute approximate surface area is 321 Å². The third-order valence-corrected chi connectivity index (χ3v) is 13.6. The summed E-state index contributed by atoms with van der Waals surface area (Å²) >= 11 is 0. The molecule has 4 aliphatic rings. The maximum atomic E-state index is 5.90. The minimum Gasteiger partial charge on any atom is -0.316 e. The third kappa shape index (κ3) is 20.6. The van der Waals surface area contributed by atoms with Crippen LogP contribution in [-0.2, 0) is 54.3 Å². The fourth-order valence-electron chi connectivity index (χ4n) is 5.98. The molecule has 2 spiro atoms. The van der Waals surface area contributed by atoms with Gasteiger partial charge >= 0.3 is 34.4 Å². The van der Waals surface area contributed by atoms with Crippen LogP contribution < -0.4 is 0 Å². The molecule has 0 aromatic carbocycles. The molecule has 0 amide bonds. The number of hydrogen-bond acceptors (Lipinski definition) is 12. The molecule has 4 saturated heterocycles.